The molecule has 2 N–H and O–H groups in total. The normalized spacial score (nSPS) is 12.4. The average Bonchev–Trinajstić information content (AvgIpc) is 3.09. The Labute approximate surface area is 174 Å². The Hall–Kier alpha value is -3.86. The van der Waals surface area contributed by atoms with Gasteiger partial charge in [0.1, 0.15) is 6.61 Å². The van der Waals surface area contributed by atoms with E-state index in [1.54, 1.807) is 36.4 Å². The molecule has 0 aromatic heterocycles. The molecule has 0 unspecified atom stereocenters. The molecule has 0 saturated heterocycles. The van der Waals surface area contributed by atoms with Crippen LogP contribution in [0.4, 0.5) is 4.79 Å². The molecule has 0 saturated carbocycles. The smallest absolute Gasteiger partial charge is 0.407 e. The lowest BCUT2D eigenvalue weighted by molar-refractivity contribution is 0.0696. The molecule has 0 atom stereocenters. The molecule has 4 rings (SSSR count). The first-order valence-electron chi connectivity index (χ1n) is 9.73. The molecule has 0 aliphatic heterocycles. The van der Waals surface area contributed by atoms with E-state index in [0.717, 1.165) is 11.1 Å². The molecule has 3 aromatic rings. The van der Waals surface area contributed by atoms with Crippen LogP contribution in [-0.4, -0.2) is 30.3 Å². The monoisotopic (exact) mass is 399 g/mol. The van der Waals surface area contributed by atoms with Crippen LogP contribution in [0.25, 0.3) is 17.2 Å². The van der Waals surface area contributed by atoms with Gasteiger partial charge >= 0.3 is 12.1 Å². The van der Waals surface area contributed by atoms with Crippen molar-refractivity contribution in [3.8, 4) is 11.1 Å². The number of carboxylic acids is 1. The third kappa shape index (κ3) is 3.96. The Kier molecular flexibility index (Phi) is 5.61. The lowest BCUT2D eigenvalue weighted by Gasteiger charge is -2.14. The van der Waals surface area contributed by atoms with Crippen LogP contribution in [0.15, 0.2) is 78.9 Å². The Morgan fingerprint density at radius 1 is 0.900 bits per heavy atom. The molecule has 150 valence electrons. The van der Waals surface area contributed by atoms with Crippen molar-refractivity contribution in [3.05, 3.63) is 101 Å². The van der Waals surface area contributed by atoms with E-state index in [9.17, 15) is 14.7 Å². The van der Waals surface area contributed by atoms with Crippen molar-refractivity contribution in [2.75, 3.05) is 13.2 Å². The average molecular weight is 399 g/mol. The van der Waals surface area contributed by atoms with Crippen molar-refractivity contribution in [2.24, 2.45) is 0 Å². The van der Waals surface area contributed by atoms with Crippen LogP contribution in [0.5, 0.6) is 0 Å². The molecule has 0 fully saturated rings. The number of nitrogens with one attached hydrogen (secondary N) is 1. The van der Waals surface area contributed by atoms with Gasteiger partial charge in [-0.05, 0) is 33.9 Å². The van der Waals surface area contributed by atoms with Gasteiger partial charge in [-0.2, -0.15) is 0 Å². The summed E-state index contributed by atoms with van der Waals surface area (Å²) in [6, 6.07) is 23.1. The van der Waals surface area contributed by atoms with Gasteiger partial charge in [-0.3, -0.25) is 0 Å². The highest BCUT2D eigenvalue weighted by atomic mass is 16.5. The van der Waals surface area contributed by atoms with E-state index in [1.165, 1.54) is 11.1 Å². The summed E-state index contributed by atoms with van der Waals surface area (Å²) in [6.45, 7) is 0.496. The summed E-state index contributed by atoms with van der Waals surface area (Å²) in [5, 5.41) is 11.9. The van der Waals surface area contributed by atoms with Gasteiger partial charge < -0.3 is 15.2 Å². The van der Waals surface area contributed by atoms with E-state index in [4.69, 9.17) is 4.74 Å². The zero-order valence-corrected chi connectivity index (χ0v) is 16.2. The Bertz CT molecular complexity index is 1070. The van der Waals surface area contributed by atoms with E-state index in [-0.39, 0.29) is 24.6 Å². The third-order valence-electron chi connectivity index (χ3n) is 5.20. The number of rotatable bonds is 6. The highest BCUT2D eigenvalue weighted by Crippen LogP contribution is 2.44. The van der Waals surface area contributed by atoms with E-state index >= 15 is 0 Å². The van der Waals surface area contributed by atoms with Crippen molar-refractivity contribution in [2.45, 2.75) is 5.92 Å². The van der Waals surface area contributed by atoms with Crippen molar-refractivity contribution in [1.29, 1.82) is 0 Å². The molecule has 1 aliphatic carbocycles. The lowest BCUT2D eigenvalue weighted by Crippen LogP contribution is -2.26. The second-order valence-electron chi connectivity index (χ2n) is 7.00. The summed E-state index contributed by atoms with van der Waals surface area (Å²) in [5.41, 5.74) is 5.49. The van der Waals surface area contributed by atoms with Crippen molar-refractivity contribution >= 4 is 18.1 Å². The van der Waals surface area contributed by atoms with Crippen LogP contribution in [0.1, 0.15) is 33.0 Å². The second kappa shape index (κ2) is 8.66. The quantitative estimate of drug-likeness (QED) is 0.616. The number of fused-ring (bicyclic) bond motifs is 3. The Morgan fingerprint density at radius 3 is 2.17 bits per heavy atom. The van der Waals surface area contributed by atoms with Gasteiger partial charge in [-0.1, -0.05) is 78.9 Å². The zero-order valence-electron chi connectivity index (χ0n) is 16.2. The molecule has 0 radical (unpaired) electrons. The highest BCUT2D eigenvalue weighted by Gasteiger charge is 2.28. The van der Waals surface area contributed by atoms with Crippen molar-refractivity contribution in [3.63, 3.8) is 0 Å². The van der Waals surface area contributed by atoms with Crippen molar-refractivity contribution < 1.29 is 19.4 Å². The van der Waals surface area contributed by atoms with Gasteiger partial charge in [-0.15, -0.1) is 0 Å². The summed E-state index contributed by atoms with van der Waals surface area (Å²) in [7, 11) is 0. The maximum absolute atomic E-state index is 12.1. The van der Waals surface area contributed by atoms with Crippen LogP contribution in [0.2, 0.25) is 0 Å². The number of benzene rings is 3. The molecule has 5 heteroatoms. The third-order valence-corrected chi connectivity index (χ3v) is 5.20. The van der Waals surface area contributed by atoms with Crippen LogP contribution < -0.4 is 5.32 Å². The van der Waals surface area contributed by atoms with Crippen molar-refractivity contribution in [1.82, 2.24) is 5.32 Å². The molecular formula is C25H21NO4. The fraction of sp³-hybridized carbons (Fsp3) is 0.120. The summed E-state index contributed by atoms with van der Waals surface area (Å²) >= 11 is 0. The minimum absolute atomic E-state index is 0.0149. The topological polar surface area (TPSA) is 75.6 Å². The number of carbonyl (C=O) groups excluding carboxylic acids is 1. The highest BCUT2D eigenvalue weighted by molar-refractivity contribution is 5.92. The predicted octanol–water partition coefficient (Wildman–Crippen LogP) is 4.94. The van der Waals surface area contributed by atoms with Gasteiger partial charge in [0, 0.05) is 12.5 Å². The summed E-state index contributed by atoms with van der Waals surface area (Å²) < 4.78 is 5.48. The van der Waals surface area contributed by atoms with Crippen LogP contribution >= 0.6 is 0 Å². The van der Waals surface area contributed by atoms with Gasteiger partial charge in [0.2, 0.25) is 0 Å². The van der Waals surface area contributed by atoms with Crippen LogP contribution in [-0.2, 0) is 4.74 Å². The first-order chi connectivity index (χ1) is 14.6. The SMILES string of the molecule is O=C(NCC=Cc1ccccc1C(=O)O)OCC1c2ccccc2-c2ccccc21. The minimum Gasteiger partial charge on any atom is -0.478 e. The Balaban J connectivity index is 1.34. The minimum atomic E-state index is -0.986. The molecule has 0 heterocycles. The summed E-state index contributed by atoms with van der Waals surface area (Å²) in [4.78, 5) is 23.4. The standard InChI is InChI=1S/C25H21NO4/c27-24(28)18-10-2-1-8-17(18)9-7-15-26-25(29)30-16-23-21-13-5-3-11-19(21)20-12-4-6-14-22(20)23/h1-14,23H,15-16H2,(H,26,29)(H,27,28). The number of hydrogen-bond donors (Lipinski definition) is 2. The maximum Gasteiger partial charge on any atom is 0.407 e. The van der Waals surface area contributed by atoms with E-state index in [1.807, 2.05) is 24.3 Å². The zero-order chi connectivity index (χ0) is 20.9. The number of hydrogen-bond acceptors (Lipinski definition) is 3. The van der Waals surface area contributed by atoms with E-state index in [2.05, 4.69) is 29.6 Å². The molecule has 1 aliphatic rings. The lowest BCUT2D eigenvalue weighted by atomic mass is 9.98. The number of amides is 1. The van der Waals surface area contributed by atoms with Crippen LogP contribution in [0, 0.1) is 0 Å². The number of ether oxygens (including phenoxy) is 1. The molecule has 3 aromatic carbocycles. The summed E-state index contributed by atoms with van der Waals surface area (Å²) in [6.07, 6.45) is 2.86. The first kappa shape index (κ1) is 19.5. The number of alkyl carbamates (subject to hydrolysis) is 1. The molecule has 1 amide bonds. The fourth-order valence-electron chi connectivity index (χ4n) is 3.81. The van der Waals surface area contributed by atoms with E-state index < -0.39 is 12.1 Å². The number of aromatic carboxylic acids is 1. The number of carboxylic acid groups (broad SMARTS) is 1. The van der Waals surface area contributed by atoms with Gasteiger partial charge in [0.25, 0.3) is 0 Å². The first-order valence-corrected chi connectivity index (χ1v) is 9.73. The summed E-state index contributed by atoms with van der Waals surface area (Å²) in [5.74, 6) is -0.971. The van der Waals surface area contributed by atoms with Crippen LogP contribution in [0.3, 0.4) is 0 Å². The van der Waals surface area contributed by atoms with Gasteiger partial charge in [0.15, 0.2) is 0 Å². The largest absolute Gasteiger partial charge is 0.478 e. The molecular weight excluding hydrogens is 378 g/mol. The fourth-order valence-corrected chi connectivity index (χ4v) is 3.81. The van der Waals surface area contributed by atoms with Gasteiger partial charge in [0.05, 0.1) is 5.56 Å². The Morgan fingerprint density at radius 2 is 1.50 bits per heavy atom. The number of carbonyl (C=O) groups is 2. The molecule has 5 nitrogen and oxygen atoms in total. The molecule has 0 bridgehead atoms. The van der Waals surface area contributed by atoms with E-state index in [0.29, 0.717) is 5.56 Å². The molecule has 0 spiro atoms. The maximum atomic E-state index is 12.1. The van der Waals surface area contributed by atoms with Gasteiger partial charge in [-0.25, -0.2) is 9.59 Å². The molecule has 30 heavy (non-hydrogen) atoms. The second-order valence-corrected chi connectivity index (χ2v) is 7.00. The predicted molar refractivity (Wildman–Crippen MR) is 116 cm³/mol.